The van der Waals surface area contributed by atoms with Gasteiger partial charge < -0.3 is 4.74 Å². The van der Waals surface area contributed by atoms with Crippen molar-refractivity contribution in [2.24, 2.45) is 0 Å². The third-order valence-electron chi connectivity index (χ3n) is 3.11. The van der Waals surface area contributed by atoms with Gasteiger partial charge in [-0.2, -0.15) is 5.10 Å². The average molecular weight is 418 g/mol. The summed E-state index contributed by atoms with van der Waals surface area (Å²) in [5.41, 5.74) is 2.44. The molecule has 0 saturated carbocycles. The fraction of sp³-hybridized carbons (Fsp3) is 0.308. The summed E-state index contributed by atoms with van der Waals surface area (Å²) in [6, 6.07) is 1.91. The monoisotopic (exact) mass is 417 g/mol. The first-order valence-electron chi connectivity index (χ1n) is 6.46. The second-order valence-electron chi connectivity index (χ2n) is 4.46. The average Bonchev–Trinajstić information content (AvgIpc) is 3.06. The normalized spacial score (nSPS) is 13.0. The second-order valence-corrected chi connectivity index (χ2v) is 5.80. The number of hydrogen-bond donors (Lipinski definition) is 0. The first kappa shape index (κ1) is 14.7. The van der Waals surface area contributed by atoms with Gasteiger partial charge in [0.25, 0.3) is 0 Å². The van der Waals surface area contributed by atoms with Crippen LogP contribution in [0.25, 0.3) is 16.8 Å². The summed E-state index contributed by atoms with van der Waals surface area (Å²) in [5.74, 6) is 0. The molecular weight excluding hydrogens is 405 g/mol. The van der Waals surface area contributed by atoms with Crippen LogP contribution in [-0.4, -0.2) is 31.0 Å². The van der Waals surface area contributed by atoms with E-state index in [0.29, 0.717) is 21.1 Å². The van der Waals surface area contributed by atoms with E-state index < -0.39 is 0 Å². The fourth-order valence-corrected chi connectivity index (χ4v) is 2.87. The molecular formula is C13H13ClIN5O. The SMILES string of the molecule is CCOC(C)n1cc(-c2ccn3nc(I)nc3c2Cl)cn1. The van der Waals surface area contributed by atoms with Gasteiger partial charge >= 0.3 is 0 Å². The Hall–Kier alpha value is -1.19. The summed E-state index contributed by atoms with van der Waals surface area (Å²) in [4.78, 5) is 4.32. The fourth-order valence-electron chi connectivity index (χ4n) is 2.11. The molecule has 6 nitrogen and oxygen atoms in total. The van der Waals surface area contributed by atoms with E-state index in [1.807, 2.05) is 32.3 Å². The van der Waals surface area contributed by atoms with Gasteiger partial charge in [-0.05, 0) is 19.9 Å². The number of rotatable bonds is 4. The van der Waals surface area contributed by atoms with Crippen LogP contribution in [0.15, 0.2) is 24.7 Å². The first-order chi connectivity index (χ1) is 10.1. The number of fused-ring (bicyclic) bond motifs is 1. The minimum Gasteiger partial charge on any atom is -0.357 e. The molecule has 8 heteroatoms. The van der Waals surface area contributed by atoms with Crippen LogP contribution in [0.3, 0.4) is 0 Å². The van der Waals surface area contributed by atoms with Crippen LogP contribution in [0, 0.1) is 3.83 Å². The third-order valence-corrected chi connectivity index (χ3v) is 3.94. The van der Waals surface area contributed by atoms with Gasteiger partial charge in [-0.25, -0.2) is 14.2 Å². The molecule has 0 saturated heterocycles. The lowest BCUT2D eigenvalue weighted by Gasteiger charge is -2.11. The number of nitrogens with zero attached hydrogens (tertiary/aromatic N) is 5. The molecule has 0 bridgehead atoms. The van der Waals surface area contributed by atoms with E-state index in [9.17, 15) is 0 Å². The van der Waals surface area contributed by atoms with Crippen LogP contribution in [-0.2, 0) is 4.74 Å². The van der Waals surface area contributed by atoms with Crippen LogP contribution in [0.2, 0.25) is 5.02 Å². The molecule has 0 aliphatic carbocycles. The van der Waals surface area contributed by atoms with E-state index in [1.54, 1.807) is 15.4 Å². The zero-order valence-corrected chi connectivity index (χ0v) is 14.4. The van der Waals surface area contributed by atoms with Crippen molar-refractivity contribution < 1.29 is 4.74 Å². The molecule has 0 aromatic carbocycles. The van der Waals surface area contributed by atoms with Crippen LogP contribution >= 0.6 is 34.2 Å². The van der Waals surface area contributed by atoms with Gasteiger partial charge in [0.15, 0.2) is 5.65 Å². The van der Waals surface area contributed by atoms with Crippen LogP contribution in [0.5, 0.6) is 0 Å². The van der Waals surface area contributed by atoms with Gasteiger partial charge in [0.1, 0.15) is 6.23 Å². The zero-order valence-electron chi connectivity index (χ0n) is 11.5. The number of pyridine rings is 1. The predicted octanol–water partition coefficient (Wildman–Crippen LogP) is 3.41. The lowest BCUT2D eigenvalue weighted by Crippen LogP contribution is -2.09. The highest BCUT2D eigenvalue weighted by Gasteiger charge is 2.14. The van der Waals surface area contributed by atoms with Gasteiger partial charge in [0.05, 0.1) is 11.2 Å². The smallest absolute Gasteiger partial charge is 0.212 e. The molecule has 1 atom stereocenters. The second kappa shape index (κ2) is 5.90. The maximum Gasteiger partial charge on any atom is 0.212 e. The summed E-state index contributed by atoms with van der Waals surface area (Å²) in [6.07, 6.45) is 5.42. The lowest BCUT2D eigenvalue weighted by atomic mass is 10.1. The molecule has 110 valence electrons. The van der Waals surface area contributed by atoms with Crippen molar-refractivity contribution in [2.45, 2.75) is 20.1 Å². The highest BCUT2D eigenvalue weighted by atomic mass is 127. The van der Waals surface area contributed by atoms with Gasteiger partial charge in [-0.15, -0.1) is 5.10 Å². The molecule has 0 N–H and O–H groups in total. The predicted molar refractivity (Wildman–Crippen MR) is 88.3 cm³/mol. The Morgan fingerprint density at radius 3 is 3.05 bits per heavy atom. The Morgan fingerprint density at radius 2 is 2.29 bits per heavy atom. The summed E-state index contributed by atoms with van der Waals surface area (Å²) in [5, 5.41) is 9.13. The van der Waals surface area contributed by atoms with Crippen molar-refractivity contribution in [3.8, 4) is 11.1 Å². The highest BCUT2D eigenvalue weighted by Crippen LogP contribution is 2.30. The molecule has 3 heterocycles. The highest BCUT2D eigenvalue weighted by molar-refractivity contribution is 14.1. The minimum atomic E-state index is -0.111. The minimum absolute atomic E-state index is 0.111. The van der Waals surface area contributed by atoms with E-state index in [-0.39, 0.29) is 6.23 Å². The van der Waals surface area contributed by atoms with E-state index in [0.717, 1.165) is 11.1 Å². The molecule has 21 heavy (non-hydrogen) atoms. The maximum atomic E-state index is 6.44. The molecule has 0 spiro atoms. The van der Waals surface area contributed by atoms with Crippen LogP contribution < -0.4 is 0 Å². The molecule has 3 aromatic rings. The van der Waals surface area contributed by atoms with Crippen molar-refractivity contribution in [3.05, 3.63) is 33.5 Å². The standard InChI is InChI=1S/C13H13ClIN5O/c1-3-21-8(2)20-7-9(6-16-20)10-4-5-19-12(11(10)14)17-13(15)18-19/h4-8H,3H2,1-2H3. The van der Waals surface area contributed by atoms with E-state index >= 15 is 0 Å². The first-order valence-corrected chi connectivity index (χ1v) is 7.92. The Bertz CT molecular complexity index is 784. The number of hydrogen-bond acceptors (Lipinski definition) is 4. The van der Waals surface area contributed by atoms with E-state index in [2.05, 4.69) is 37.8 Å². The third kappa shape index (κ3) is 2.77. The van der Waals surface area contributed by atoms with Gasteiger partial charge in [-0.3, -0.25) is 0 Å². The summed E-state index contributed by atoms with van der Waals surface area (Å²) >= 11 is 8.51. The van der Waals surface area contributed by atoms with Crippen molar-refractivity contribution in [3.63, 3.8) is 0 Å². The molecule has 0 radical (unpaired) electrons. The van der Waals surface area contributed by atoms with Crippen molar-refractivity contribution in [1.29, 1.82) is 0 Å². The van der Waals surface area contributed by atoms with E-state index in [1.165, 1.54) is 0 Å². The Balaban J connectivity index is 2.02. The van der Waals surface area contributed by atoms with Crippen LogP contribution in [0.1, 0.15) is 20.1 Å². The van der Waals surface area contributed by atoms with Gasteiger partial charge in [0, 0.05) is 52.7 Å². The summed E-state index contributed by atoms with van der Waals surface area (Å²) in [7, 11) is 0. The van der Waals surface area contributed by atoms with Gasteiger partial charge in [0.2, 0.25) is 3.83 Å². The molecule has 0 amide bonds. The molecule has 0 aliphatic rings. The van der Waals surface area contributed by atoms with Crippen molar-refractivity contribution in [2.75, 3.05) is 6.61 Å². The molecule has 0 aliphatic heterocycles. The Morgan fingerprint density at radius 1 is 1.48 bits per heavy atom. The molecule has 3 rings (SSSR count). The quantitative estimate of drug-likeness (QED) is 0.611. The topological polar surface area (TPSA) is 57.2 Å². The van der Waals surface area contributed by atoms with Crippen LogP contribution in [0.4, 0.5) is 0 Å². The lowest BCUT2D eigenvalue weighted by molar-refractivity contribution is 0.0160. The maximum absolute atomic E-state index is 6.44. The molecule has 3 aromatic heterocycles. The number of ether oxygens (including phenoxy) is 1. The number of aromatic nitrogens is 5. The van der Waals surface area contributed by atoms with Crippen molar-refractivity contribution >= 4 is 39.8 Å². The molecule has 1 unspecified atom stereocenters. The van der Waals surface area contributed by atoms with E-state index in [4.69, 9.17) is 16.3 Å². The largest absolute Gasteiger partial charge is 0.357 e. The Labute approximate surface area is 140 Å². The summed E-state index contributed by atoms with van der Waals surface area (Å²) < 4.78 is 9.62. The number of halogens is 2. The Kier molecular flexibility index (Phi) is 4.14. The van der Waals surface area contributed by atoms with Crippen molar-refractivity contribution in [1.82, 2.24) is 24.4 Å². The van der Waals surface area contributed by atoms with Gasteiger partial charge in [-0.1, -0.05) is 11.6 Å². The molecule has 0 fully saturated rings. The zero-order chi connectivity index (χ0) is 15.0. The summed E-state index contributed by atoms with van der Waals surface area (Å²) in [6.45, 7) is 4.55.